The summed E-state index contributed by atoms with van der Waals surface area (Å²) >= 11 is 2.29. The van der Waals surface area contributed by atoms with Gasteiger partial charge in [-0.25, -0.2) is 0 Å². The molecule has 1 rings (SSSR count). The van der Waals surface area contributed by atoms with Crippen LogP contribution in [-0.2, 0) is 6.42 Å². The molecule has 0 aliphatic heterocycles. The highest BCUT2D eigenvalue weighted by atomic mass is 127. The first-order valence-corrected chi connectivity index (χ1v) is 5.02. The number of nitrogens with zero attached hydrogens (tertiary/aromatic N) is 1. The van der Waals surface area contributed by atoms with Crippen molar-refractivity contribution < 1.29 is 0 Å². The summed E-state index contributed by atoms with van der Waals surface area (Å²) in [6.45, 7) is 2.21. The van der Waals surface area contributed by atoms with Crippen LogP contribution in [0.1, 0.15) is 25.3 Å². The highest BCUT2D eigenvalue weighted by Crippen LogP contribution is 2.10. The maximum absolute atomic E-state index is 4.22. The quantitative estimate of drug-likeness (QED) is 0.602. The third-order valence-corrected chi connectivity index (χ3v) is 2.61. The van der Waals surface area contributed by atoms with E-state index in [2.05, 4.69) is 40.6 Å². The zero-order valence-electron chi connectivity index (χ0n) is 6.68. The fourth-order valence-corrected chi connectivity index (χ4v) is 1.58. The van der Waals surface area contributed by atoms with Crippen molar-refractivity contribution in [2.75, 3.05) is 0 Å². The molecule has 2 heteroatoms. The third-order valence-electron chi connectivity index (χ3n) is 1.64. The molecule has 0 unspecified atom stereocenters. The Morgan fingerprint density at radius 2 is 2.36 bits per heavy atom. The fourth-order valence-electron chi connectivity index (χ4n) is 0.973. The molecular weight excluding hydrogens is 249 g/mol. The Morgan fingerprint density at radius 3 is 3.00 bits per heavy atom. The number of rotatable bonds is 3. The van der Waals surface area contributed by atoms with Crippen molar-refractivity contribution in [3.8, 4) is 0 Å². The molecule has 0 fully saturated rings. The van der Waals surface area contributed by atoms with Crippen LogP contribution >= 0.6 is 22.6 Å². The molecule has 1 aromatic heterocycles. The van der Waals surface area contributed by atoms with Crippen LogP contribution in [0.5, 0.6) is 0 Å². The molecule has 0 aliphatic carbocycles. The Morgan fingerprint density at radius 1 is 1.55 bits per heavy atom. The van der Waals surface area contributed by atoms with Gasteiger partial charge >= 0.3 is 0 Å². The highest BCUT2D eigenvalue weighted by molar-refractivity contribution is 14.1. The van der Waals surface area contributed by atoms with Crippen LogP contribution in [0.15, 0.2) is 18.3 Å². The van der Waals surface area contributed by atoms with Gasteiger partial charge in [0, 0.05) is 6.20 Å². The van der Waals surface area contributed by atoms with E-state index in [9.17, 15) is 0 Å². The number of hydrogen-bond donors (Lipinski definition) is 0. The largest absolute Gasteiger partial charge is 0.250 e. The molecule has 0 saturated heterocycles. The molecule has 0 N–H and O–H groups in total. The Hall–Kier alpha value is -0.120. The molecule has 0 aromatic carbocycles. The average molecular weight is 261 g/mol. The molecule has 60 valence electrons. The minimum atomic E-state index is 1.15. The van der Waals surface area contributed by atoms with E-state index in [4.69, 9.17) is 0 Å². The topological polar surface area (TPSA) is 12.9 Å². The lowest BCUT2D eigenvalue weighted by atomic mass is 10.1. The smallest absolute Gasteiger partial charge is 0.104 e. The lowest BCUT2D eigenvalue weighted by molar-refractivity contribution is 0.788. The SMILES string of the molecule is CCCCc1cccnc1I. The zero-order valence-corrected chi connectivity index (χ0v) is 8.84. The summed E-state index contributed by atoms with van der Waals surface area (Å²) in [6, 6.07) is 4.16. The van der Waals surface area contributed by atoms with E-state index in [1.807, 2.05) is 12.3 Å². The fraction of sp³-hybridized carbons (Fsp3) is 0.444. The first kappa shape index (κ1) is 8.97. The van der Waals surface area contributed by atoms with Gasteiger partial charge in [0.1, 0.15) is 3.70 Å². The Labute approximate surface area is 81.4 Å². The highest BCUT2D eigenvalue weighted by Gasteiger charge is 1.96. The summed E-state index contributed by atoms with van der Waals surface area (Å²) in [7, 11) is 0. The van der Waals surface area contributed by atoms with E-state index in [0.29, 0.717) is 0 Å². The van der Waals surface area contributed by atoms with Gasteiger partial charge in [-0.3, -0.25) is 4.98 Å². The van der Waals surface area contributed by atoms with Gasteiger partial charge in [-0.1, -0.05) is 19.4 Å². The molecule has 11 heavy (non-hydrogen) atoms. The number of aryl methyl sites for hydroxylation is 1. The van der Waals surface area contributed by atoms with Crippen molar-refractivity contribution in [1.82, 2.24) is 4.98 Å². The van der Waals surface area contributed by atoms with Gasteiger partial charge in [-0.05, 0) is 47.1 Å². The second-order valence-electron chi connectivity index (χ2n) is 2.56. The van der Waals surface area contributed by atoms with Gasteiger partial charge in [0.25, 0.3) is 0 Å². The lowest BCUT2D eigenvalue weighted by Crippen LogP contribution is -1.90. The van der Waals surface area contributed by atoms with Gasteiger partial charge in [-0.15, -0.1) is 0 Å². The zero-order chi connectivity index (χ0) is 8.10. The van der Waals surface area contributed by atoms with Crippen molar-refractivity contribution in [3.63, 3.8) is 0 Å². The number of aromatic nitrogens is 1. The Kier molecular flexibility index (Phi) is 3.83. The van der Waals surface area contributed by atoms with Gasteiger partial charge in [-0.2, -0.15) is 0 Å². The van der Waals surface area contributed by atoms with E-state index in [-0.39, 0.29) is 0 Å². The van der Waals surface area contributed by atoms with Crippen LogP contribution in [0.2, 0.25) is 0 Å². The van der Waals surface area contributed by atoms with Gasteiger partial charge in [0.05, 0.1) is 0 Å². The maximum atomic E-state index is 4.22. The van der Waals surface area contributed by atoms with Crippen LogP contribution in [0.3, 0.4) is 0 Å². The minimum Gasteiger partial charge on any atom is -0.250 e. The third kappa shape index (κ3) is 2.77. The van der Waals surface area contributed by atoms with Crippen LogP contribution in [-0.4, -0.2) is 4.98 Å². The first-order chi connectivity index (χ1) is 5.34. The second-order valence-corrected chi connectivity index (χ2v) is 3.58. The lowest BCUT2D eigenvalue weighted by Gasteiger charge is -2.00. The Bertz CT molecular complexity index is 223. The maximum Gasteiger partial charge on any atom is 0.104 e. The summed E-state index contributed by atoms with van der Waals surface area (Å²) < 4.78 is 1.15. The monoisotopic (exact) mass is 261 g/mol. The standard InChI is InChI=1S/C9H12IN/c1-2-3-5-8-6-4-7-11-9(8)10/h4,6-7H,2-3,5H2,1H3. The predicted octanol–water partition coefficient (Wildman–Crippen LogP) is 3.03. The molecule has 0 aliphatic rings. The van der Waals surface area contributed by atoms with E-state index in [0.717, 1.165) is 3.70 Å². The van der Waals surface area contributed by atoms with E-state index in [1.165, 1.54) is 24.8 Å². The van der Waals surface area contributed by atoms with E-state index in [1.54, 1.807) is 0 Å². The average Bonchev–Trinajstić information content (AvgIpc) is 2.03. The van der Waals surface area contributed by atoms with Gasteiger partial charge < -0.3 is 0 Å². The summed E-state index contributed by atoms with van der Waals surface area (Å²) in [5.41, 5.74) is 1.38. The van der Waals surface area contributed by atoms with Gasteiger partial charge in [0.2, 0.25) is 0 Å². The molecular formula is C9H12IN. The van der Waals surface area contributed by atoms with Crippen LogP contribution in [0.25, 0.3) is 0 Å². The van der Waals surface area contributed by atoms with E-state index >= 15 is 0 Å². The number of pyridine rings is 1. The van der Waals surface area contributed by atoms with Crippen molar-refractivity contribution in [2.45, 2.75) is 26.2 Å². The van der Waals surface area contributed by atoms with Crippen molar-refractivity contribution >= 4 is 22.6 Å². The molecule has 0 atom stereocenters. The summed E-state index contributed by atoms with van der Waals surface area (Å²) in [4.78, 5) is 4.22. The number of hydrogen-bond acceptors (Lipinski definition) is 1. The molecule has 0 bridgehead atoms. The van der Waals surface area contributed by atoms with Crippen LogP contribution in [0, 0.1) is 3.70 Å². The first-order valence-electron chi connectivity index (χ1n) is 3.94. The number of unbranched alkanes of at least 4 members (excludes halogenated alkanes) is 1. The normalized spacial score (nSPS) is 10.0. The van der Waals surface area contributed by atoms with Gasteiger partial charge in [0.15, 0.2) is 0 Å². The van der Waals surface area contributed by atoms with Crippen molar-refractivity contribution in [1.29, 1.82) is 0 Å². The second kappa shape index (κ2) is 4.70. The molecule has 0 radical (unpaired) electrons. The van der Waals surface area contributed by atoms with Crippen molar-refractivity contribution in [2.24, 2.45) is 0 Å². The molecule has 0 amide bonds. The molecule has 1 heterocycles. The van der Waals surface area contributed by atoms with Crippen LogP contribution < -0.4 is 0 Å². The summed E-state index contributed by atoms with van der Waals surface area (Å²) in [5, 5.41) is 0. The molecule has 0 saturated carbocycles. The summed E-state index contributed by atoms with van der Waals surface area (Å²) in [5.74, 6) is 0. The van der Waals surface area contributed by atoms with Crippen molar-refractivity contribution in [3.05, 3.63) is 27.6 Å². The van der Waals surface area contributed by atoms with E-state index < -0.39 is 0 Å². The van der Waals surface area contributed by atoms with Crippen LogP contribution in [0.4, 0.5) is 0 Å². The molecule has 0 spiro atoms. The predicted molar refractivity (Wildman–Crippen MR) is 55.6 cm³/mol. The molecule has 1 aromatic rings. The Balaban J connectivity index is 2.62. The molecule has 1 nitrogen and oxygen atoms in total. The summed E-state index contributed by atoms with van der Waals surface area (Å²) in [6.07, 6.45) is 5.53. The number of halogens is 1. The minimum absolute atomic E-state index is 1.15.